The molecule has 0 fully saturated rings. The van der Waals surface area contributed by atoms with Gasteiger partial charge in [-0.15, -0.1) is 0 Å². The fourth-order valence-electron chi connectivity index (χ4n) is 1.91. The summed E-state index contributed by atoms with van der Waals surface area (Å²) in [7, 11) is 0. The van der Waals surface area contributed by atoms with Gasteiger partial charge in [0.1, 0.15) is 0 Å². The van der Waals surface area contributed by atoms with Crippen LogP contribution in [-0.2, 0) is 10.2 Å². The Balaban J connectivity index is 0.00000106. The minimum atomic E-state index is -0.485. The number of carbonyl (C=O) groups excluding carboxylic acids is 1. The second-order valence-corrected chi connectivity index (χ2v) is 3.52. The first-order valence-electron chi connectivity index (χ1n) is 5.36. The van der Waals surface area contributed by atoms with E-state index in [1.165, 1.54) is 0 Å². The van der Waals surface area contributed by atoms with Crippen LogP contribution in [0.2, 0.25) is 0 Å². The maximum atomic E-state index is 11.5. The van der Waals surface area contributed by atoms with Crippen LogP contribution in [0.15, 0.2) is 30.3 Å². The van der Waals surface area contributed by atoms with Crippen LogP contribution in [0.4, 0.5) is 0 Å². The molecule has 0 heterocycles. The molecule has 1 rings (SSSR count). The summed E-state index contributed by atoms with van der Waals surface area (Å²) in [6.45, 7) is 4.00. The van der Waals surface area contributed by atoms with E-state index in [1.54, 1.807) is 0 Å². The Hall–Kier alpha value is -1.39. The van der Waals surface area contributed by atoms with Crippen molar-refractivity contribution in [1.29, 1.82) is 0 Å². The number of hydrogen-bond donors (Lipinski definition) is 3. The van der Waals surface area contributed by atoms with Crippen molar-refractivity contribution in [2.75, 3.05) is 0 Å². The monoisotopic (exact) mass is 223 g/mol. The number of hydrogen-bond acceptors (Lipinski definition) is 3. The van der Waals surface area contributed by atoms with Crippen molar-refractivity contribution in [2.45, 2.75) is 32.1 Å². The smallest absolute Gasteiger partial charge is 0.228 e. The largest absolute Gasteiger partial charge is 0.369 e. The number of primary amides is 1. The van der Waals surface area contributed by atoms with E-state index in [0.717, 1.165) is 18.4 Å². The van der Waals surface area contributed by atoms with Crippen LogP contribution in [-0.4, -0.2) is 5.91 Å². The third kappa shape index (κ3) is 2.81. The van der Waals surface area contributed by atoms with E-state index in [0.29, 0.717) is 0 Å². The second-order valence-electron chi connectivity index (χ2n) is 3.52. The molecule has 4 heteroatoms. The third-order valence-corrected chi connectivity index (χ3v) is 3.01. The minimum Gasteiger partial charge on any atom is -0.369 e. The summed E-state index contributed by atoms with van der Waals surface area (Å²) >= 11 is 0. The highest BCUT2D eigenvalue weighted by atomic mass is 16.1. The summed E-state index contributed by atoms with van der Waals surface area (Å²) in [6, 6.07) is 9.77. The molecular formula is C12H21N3O. The summed E-state index contributed by atoms with van der Waals surface area (Å²) in [4.78, 5) is 11.5. The van der Waals surface area contributed by atoms with Gasteiger partial charge < -0.3 is 5.73 Å². The number of amides is 1. The Bertz CT molecular complexity index is 307. The van der Waals surface area contributed by atoms with Crippen LogP contribution in [0.5, 0.6) is 0 Å². The first kappa shape index (κ1) is 14.6. The highest BCUT2D eigenvalue weighted by molar-refractivity contribution is 5.86. The van der Waals surface area contributed by atoms with Gasteiger partial charge in [-0.1, -0.05) is 44.2 Å². The van der Waals surface area contributed by atoms with Crippen molar-refractivity contribution >= 4 is 5.91 Å². The van der Waals surface area contributed by atoms with Gasteiger partial charge in [-0.05, 0) is 18.4 Å². The number of benzene rings is 1. The van der Waals surface area contributed by atoms with Gasteiger partial charge in [0.05, 0.1) is 5.41 Å². The first-order chi connectivity index (χ1) is 7.67. The van der Waals surface area contributed by atoms with Crippen molar-refractivity contribution in [3.05, 3.63) is 35.9 Å². The topological polar surface area (TPSA) is 95.1 Å². The predicted molar refractivity (Wildman–Crippen MR) is 66.3 cm³/mol. The van der Waals surface area contributed by atoms with Gasteiger partial charge in [-0.3, -0.25) is 16.5 Å². The molecule has 1 aromatic carbocycles. The quantitative estimate of drug-likeness (QED) is 0.526. The van der Waals surface area contributed by atoms with Crippen molar-refractivity contribution < 1.29 is 4.79 Å². The Morgan fingerprint density at radius 3 is 1.88 bits per heavy atom. The molecule has 0 spiro atoms. The lowest BCUT2D eigenvalue weighted by molar-refractivity contribution is -0.123. The predicted octanol–water partition coefficient (Wildman–Crippen LogP) is 1.05. The molecule has 1 aromatic rings. The zero-order valence-corrected chi connectivity index (χ0v) is 9.94. The maximum Gasteiger partial charge on any atom is 0.228 e. The lowest BCUT2D eigenvalue weighted by Crippen LogP contribution is -2.40. The van der Waals surface area contributed by atoms with Gasteiger partial charge >= 0.3 is 0 Å². The first-order valence-corrected chi connectivity index (χ1v) is 5.36. The number of hydrazine groups is 1. The fraction of sp³-hybridized carbons (Fsp3) is 0.417. The van der Waals surface area contributed by atoms with Gasteiger partial charge in [-0.2, -0.15) is 0 Å². The van der Waals surface area contributed by atoms with Crippen LogP contribution in [0.25, 0.3) is 0 Å². The highest BCUT2D eigenvalue weighted by Crippen LogP contribution is 2.30. The van der Waals surface area contributed by atoms with Crippen LogP contribution in [0.3, 0.4) is 0 Å². The lowest BCUT2D eigenvalue weighted by Gasteiger charge is -2.28. The molecule has 0 aliphatic rings. The van der Waals surface area contributed by atoms with E-state index in [2.05, 4.69) is 11.7 Å². The maximum absolute atomic E-state index is 11.5. The third-order valence-electron chi connectivity index (χ3n) is 3.01. The van der Waals surface area contributed by atoms with E-state index in [9.17, 15) is 4.79 Å². The van der Waals surface area contributed by atoms with Crippen LogP contribution in [0, 0.1) is 0 Å². The summed E-state index contributed by atoms with van der Waals surface area (Å²) in [5.74, 6) is 7.77. The molecule has 0 saturated carbocycles. The standard InChI is InChI=1S/C12H17NO.H4N2/c1-3-12(4-2,11(13)14)10-8-6-5-7-9-10;1-2/h5-9H,3-4H2,1-2H3,(H2,13,14);1-2H2. The summed E-state index contributed by atoms with van der Waals surface area (Å²) in [5, 5.41) is 0. The SMILES string of the molecule is CCC(CC)(C(N)=O)c1ccccc1.NN. The second kappa shape index (κ2) is 6.98. The molecule has 90 valence electrons. The van der Waals surface area contributed by atoms with Crippen molar-refractivity contribution in [2.24, 2.45) is 17.4 Å². The van der Waals surface area contributed by atoms with E-state index < -0.39 is 5.41 Å². The van der Waals surface area contributed by atoms with E-state index >= 15 is 0 Å². The number of carbonyl (C=O) groups is 1. The van der Waals surface area contributed by atoms with Crippen molar-refractivity contribution in [1.82, 2.24) is 0 Å². The van der Waals surface area contributed by atoms with Crippen LogP contribution < -0.4 is 17.4 Å². The molecule has 0 bridgehead atoms. The molecule has 0 aliphatic carbocycles. The molecule has 1 amide bonds. The molecule has 16 heavy (non-hydrogen) atoms. The lowest BCUT2D eigenvalue weighted by atomic mass is 9.75. The average Bonchev–Trinajstić information content (AvgIpc) is 2.35. The zero-order chi connectivity index (χ0) is 12.6. The average molecular weight is 223 g/mol. The van der Waals surface area contributed by atoms with Gasteiger partial charge in [0.2, 0.25) is 5.91 Å². The molecule has 0 saturated heterocycles. The van der Waals surface area contributed by atoms with Crippen LogP contribution in [0.1, 0.15) is 32.3 Å². The van der Waals surface area contributed by atoms with Gasteiger partial charge in [0.25, 0.3) is 0 Å². The van der Waals surface area contributed by atoms with Gasteiger partial charge in [0.15, 0.2) is 0 Å². The molecule has 0 atom stereocenters. The molecule has 6 N–H and O–H groups in total. The molecule has 0 aliphatic heterocycles. The molecule has 0 radical (unpaired) electrons. The van der Waals surface area contributed by atoms with E-state index in [-0.39, 0.29) is 5.91 Å². The number of nitrogens with two attached hydrogens (primary N) is 3. The van der Waals surface area contributed by atoms with Crippen LogP contribution >= 0.6 is 0 Å². The Morgan fingerprint density at radius 1 is 1.12 bits per heavy atom. The summed E-state index contributed by atoms with van der Waals surface area (Å²) in [5.41, 5.74) is 6.03. The molecule has 0 aromatic heterocycles. The van der Waals surface area contributed by atoms with Crippen molar-refractivity contribution in [3.63, 3.8) is 0 Å². The Labute approximate surface area is 96.8 Å². The fourth-order valence-corrected chi connectivity index (χ4v) is 1.91. The normalized spacial score (nSPS) is 10.2. The number of rotatable bonds is 4. The summed E-state index contributed by atoms with van der Waals surface area (Å²) in [6.07, 6.45) is 1.51. The summed E-state index contributed by atoms with van der Waals surface area (Å²) < 4.78 is 0. The Morgan fingerprint density at radius 2 is 1.56 bits per heavy atom. The van der Waals surface area contributed by atoms with E-state index in [1.807, 2.05) is 44.2 Å². The van der Waals surface area contributed by atoms with Gasteiger partial charge in [0, 0.05) is 0 Å². The molecule has 0 unspecified atom stereocenters. The van der Waals surface area contributed by atoms with Crippen molar-refractivity contribution in [3.8, 4) is 0 Å². The molecule has 4 nitrogen and oxygen atoms in total. The Kier molecular flexibility index (Phi) is 6.37. The van der Waals surface area contributed by atoms with Gasteiger partial charge in [-0.25, -0.2) is 0 Å². The minimum absolute atomic E-state index is 0.228. The van der Waals surface area contributed by atoms with E-state index in [4.69, 9.17) is 5.73 Å². The molecular weight excluding hydrogens is 202 g/mol. The highest BCUT2D eigenvalue weighted by Gasteiger charge is 2.34. The zero-order valence-electron chi connectivity index (χ0n) is 9.94.